The second-order valence-electron chi connectivity index (χ2n) is 7.54. The number of aromatic nitrogens is 2. The Hall–Kier alpha value is -3.62. The molecule has 0 radical (unpaired) electrons. The van der Waals surface area contributed by atoms with Gasteiger partial charge < -0.3 is 14.2 Å². The highest BCUT2D eigenvalue weighted by molar-refractivity contribution is 5.90. The van der Waals surface area contributed by atoms with Crippen molar-refractivity contribution in [1.29, 1.82) is 5.26 Å². The Bertz CT molecular complexity index is 1260. The van der Waals surface area contributed by atoms with Gasteiger partial charge in [0.05, 0.1) is 18.8 Å². The van der Waals surface area contributed by atoms with Gasteiger partial charge in [-0.1, -0.05) is 18.2 Å². The summed E-state index contributed by atoms with van der Waals surface area (Å²) in [6.07, 6.45) is 3.34. The Labute approximate surface area is 175 Å². The molecule has 0 N–H and O–H groups in total. The third-order valence-electron chi connectivity index (χ3n) is 5.84. The van der Waals surface area contributed by atoms with Crippen molar-refractivity contribution in [3.63, 3.8) is 0 Å². The third kappa shape index (κ3) is 3.22. The maximum Gasteiger partial charge on any atom is 0.101 e. The summed E-state index contributed by atoms with van der Waals surface area (Å²) in [5.74, 6) is 0. The summed E-state index contributed by atoms with van der Waals surface area (Å²) in [4.78, 5) is 6.45. The number of pyridine rings is 1. The Balaban J connectivity index is 1.51. The Morgan fingerprint density at radius 1 is 0.933 bits per heavy atom. The topological polar surface area (TPSA) is 54.1 Å². The Morgan fingerprint density at radius 3 is 2.53 bits per heavy atom. The van der Waals surface area contributed by atoms with Crippen molar-refractivity contribution in [2.45, 2.75) is 0 Å². The number of hydrogen-bond donors (Lipinski definition) is 0. The van der Waals surface area contributed by atoms with E-state index in [1.165, 1.54) is 16.5 Å². The van der Waals surface area contributed by atoms with Crippen molar-refractivity contribution in [2.75, 3.05) is 31.2 Å². The van der Waals surface area contributed by atoms with E-state index >= 15 is 0 Å². The number of morpholine rings is 1. The van der Waals surface area contributed by atoms with E-state index in [0.717, 1.165) is 48.8 Å². The van der Waals surface area contributed by atoms with Gasteiger partial charge in [0.1, 0.15) is 6.07 Å². The molecule has 148 valence electrons. The van der Waals surface area contributed by atoms with Gasteiger partial charge in [0.25, 0.3) is 0 Å². The van der Waals surface area contributed by atoms with Crippen molar-refractivity contribution in [2.24, 2.45) is 7.05 Å². The number of hydrogen-bond acceptors (Lipinski definition) is 4. The summed E-state index contributed by atoms with van der Waals surface area (Å²) in [5.41, 5.74) is 6.01. The second kappa shape index (κ2) is 7.66. The zero-order valence-corrected chi connectivity index (χ0v) is 16.9. The van der Waals surface area contributed by atoms with Crippen molar-refractivity contribution < 1.29 is 4.74 Å². The summed E-state index contributed by atoms with van der Waals surface area (Å²) in [7, 11) is 2.04. The molecule has 1 saturated heterocycles. The summed E-state index contributed by atoms with van der Waals surface area (Å²) < 4.78 is 7.61. The van der Waals surface area contributed by atoms with Crippen LogP contribution < -0.4 is 4.90 Å². The molecule has 1 fully saturated rings. The molecular formula is C25H22N4O. The molecule has 0 unspecified atom stereocenters. The first-order valence-electron chi connectivity index (χ1n) is 10.1. The van der Waals surface area contributed by atoms with E-state index < -0.39 is 0 Å². The highest BCUT2D eigenvalue weighted by Gasteiger charge is 2.14. The fraction of sp³-hybridized carbons (Fsp3) is 0.200. The lowest BCUT2D eigenvalue weighted by atomic mass is 10.0. The zero-order valence-electron chi connectivity index (χ0n) is 16.9. The average Bonchev–Trinajstić information content (AvgIpc) is 3.20. The first-order chi connectivity index (χ1) is 14.7. The number of anilines is 1. The van der Waals surface area contributed by atoms with E-state index in [4.69, 9.17) is 4.74 Å². The lowest BCUT2D eigenvalue weighted by molar-refractivity contribution is 0.122. The molecule has 2 aromatic heterocycles. The van der Waals surface area contributed by atoms with Crippen LogP contribution in [0.1, 0.15) is 5.56 Å². The number of nitrogens with zero attached hydrogens (tertiary/aromatic N) is 4. The molecule has 1 aliphatic rings. The van der Waals surface area contributed by atoms with Crippen LogP contribution in [0.4, 0.5) is 5.69 Å². The summed E-state index contributed by atoms with van der Waals surface area (Å²) in [6, 6.07) is 21.6. The molecular weight excluding hydrogens is 372 g/mol. The molecule has 1 aliphatic heterocycles. The van der Waals surface area contributed by atoms with Crippen molar-refractivity contribution in [3.8, 4) is 28.6 Å². The summed E-state index contributed by atoms with van der Waals surface area (Å²) in [5, 5.41) is 11.9. The molecule has 4 aromatic rings. The molecule has 0 bridgehead atoms. The van der Waals surface area contributed by atoms with E-state index in [-0.39, 0.29) is 0 Å². The van der Waals surface area contributed by atoms with Gasteiger partial charge in [0.15, 0.2) is 0 Å². The normalized spacial score (nSPS) is 14.1. The minimum atomic E-state index is 0.583. The molecule has 0 atom stereocenters. The monoisotopic (exact) mass is 394 g/mol. The molecule has 5 heteroatoms. The SMILES string of the molecule is Cn1c(-c2ccc3cc(N4CCOCC4)ccc3c2)ccc1-c1ccncc1C#N. The van der Waals surface area contributed by atoms with Crippen molar-refractivity contribution in [3.05, 3.63) is 72.6 Å². The molecule has 3 heterocycles. The van der Waals surface area contributed by atoms with Crippen LogP contribution in [0, 0.1) is 11.3 Å². The zero-order chi connectivity index (χ0) is 20.5. The van der Waals surface area contributed by atoms with Gasteiger partial charge in [-0.2, -0.15) is 5.26 Å². The minimum Gasteiger partial charge on any atom is -0.378 e. The van der Waals surface area contributed by atoms with Gasteiger partial charge in [0, 0.05) is 55.2 Å². The van der Waals surface area contributed by atoms with E-state index in [0.29, 0.717) is 5.56 Å². The largest absolute Gasteiger partial charge is 0.378 e. The Kier molecular flexibility index (Phi) is 4.70. The molecule has 0 saturated carbocycles. The predicted octanol–water partition coefficient (Wildman–Crippen LogP) is 4.62. The smallest absolute Gasteiger partial charge is 0.101 e. The number of benzene rings is 2. The molecule has 0 amide bonds. The van der Waals surface area contributed by atoms with Crippen LogP contribution in [0.15, 0.2) is 67.0 Å². The van der Waals surface area contributed by atoms with Gasteiger partial charge in [-0.05, 0) is 52.7 Å². The second-order valence-corrected chi connectivity index (χ2v) is 7.54. The molecule has 5 nitrogen and oxygen atoms in total. The molecule has 5 rings (SSSR count). The predicted molar refractivity (Wildman–Crippen MR) is 119 cm³/mol. The molecule has 30 heavy (non-hydrogen) atoms. The van der Waals surface area contributed by atoms with Crippen LogP contribution in [-0.4, -0.2) is 35.9 Å². The van der Waals surface area contributed by atoms with Crippen LogP contribution in [0.2, 0.25) is 0 Å². The van der Waals surface area contributed by atoms with Gasteiger partial charge in [-0.15, -0.1) is 0 Å². The van der Waals surface area contributed by atoms with E-state index in [1.54, 1.807) is 12.4 Å². The molecule has 0 spiro atoms. The molecule has 2 aromatic carbocycles. The summed E-state index contributed by atoms with van der Waals surface area (Å²) in [6.45, 7) is 3.46. The van der Waals surface area contributed by atoms with Crippen LogP contribution in [0.5, 0.6) is 0 Å². The molecule has 0 aliphatic carbocycles. The number of nitriles is 1. The quantitative estimate of drug-likeness (QED) is 0.509. The fourth-order valence-electron chi connectivity index (χ4n) is 4.19. The van der Waals surface area contributed by atoms with Gasteiger partial charge >= 0.3 is 0 Å². The lowest BCUT2D eigenvalue weighted by Gasteiger charge is -2.29. The van der Waals surface area contributed by atoms with E-state index in [2.05, 4.69) is 69.1 Å². The fourth-order valence-corrected chi connectivity index (χ4v) is 4.19. The van der Waals surface area contributed by atoms with Crippen LogP contribution >= 0.6 is 0 Å². The van der Waals surface area contributed by atoms with Crippen LogP contribution in [0.25, 0.3) is 33.3 Å². The third-order valence-corrected chi connectivity index (χ3v) is 5.84. The van der Waals surface area contributed by atoms with Gasteiger partial charge in [-0.3, -0.25) is 4.98 Å². The first-order valence-corrected chi connectivity index (χ1v) is 10.1. The lowest BCUT2D eigenvalue weighted by Crippen LogP contribution is -2.36. The summed E-state index contributed by atoms with van der Waals surface area (Å²) >= 11 is 0. The van der Waals surface area contributed by atoms with Crippen LogP contribution in [-0.2, 0) is 11.8 Å². The van der Waals surface area contributed by atoms with Crippen molar-refractivity contribution in [1.82, 2.24) is 9.55 Å². The van der Waals surface area contributed by atoms with Gasteiger partial charge in [0.2, 0.25) is 0 Å². The number of rotatable bonds is 3. The van der Waals surface area contributed by atoms with E-state index in [1.807, 2.05) is 13.1 Å². The number of ether oxygens (including phenoxy) is 1. The van der Waals surface area contributed by atoms with Crippen molar-refractivity contribution >= 4 is 16.5 Å². The average molecular weight is 394 g/mol. The maximum atomic E-state index is 9.42. The van der Waals surface area contributed by atoms with E-state index in [9.17, 15) is 5.26 Å². The Morgan fingerprint density at radius 2 is 1.70 bits per heavy atom. The first kappa shape index (κ1) is 18.4. The highest BCUT2D eigenvalue weighted by atomic mass is 16.5. The minimum absolute atomic E-state index is 0.583. The number of fused-ring (bicyclic) bond motifs is 1. The van der Waals surface area contributed by atoms with Crippen LogP contribution in [0.3, 0.4) is 0 Å². The highest BCUT2D eigenvalue weighted by Crippen LogP contribution is 2.32. The maximum absolute atomic E-state index is 9.42. The standard InChI is InChI=1S/C25H22N4O/c1-28-24(6-7-25(28)23-8-9-27-17-21(23)16-26)20-3-2-19-15-22(5-4-18(19)14-20)29-10-12-30-13-11-29/h2-9,14-15,17H,10-13H2,1H3. The van der Waals surface area contributed by atoms with Gasteiger partial charge in [-0.25, -0.2) is 0 Å².